The molecule has 0 fully saturated rings. The number of para-hydroxylation sites is 1. The Bertz CT molecular complexity index is 994. The average molecular weight is 350 g/mol. The van der Waals surface area contributed by atoms with E-state index in [1.807, 2.05) is 37.3 Å². The molecule has 1 amide bonds. The zero-order valence-corrected chi connectivity index (χ0v) is 14.7. The smallest absolute Gasteiger partial charge is 0.269 e. The fourth-order valence-electron chi connectivity index (χ4n) is 2.88. The second kappa shape index (κ2) is 6.79. The Kier molecular flexibility index (Phi) is 4.53. The van der Waals surface area contributed by atoms with Crippen molar-refractivity contribution < 1.29 is 9.72 Å². The van der Waals surface area contributed by atoms with Crippen LogP contribution in [-0.4, -0.2) is 20.6 Å². The van der Waals surface area contributed by atoms with Gasteiger partial charge in [-0.25, -0.2) is 4.68 Å². The number of carbonyl (C=O) groups excluding carboxylic acids is 1. The Labute approximate surface area is 150 Å². The number of nitrogens with one attached hydrogen (secondary N) is 1. The summed E-state index contributed by atoms with van der Waals surface area (Å²) in [5.41, 5.74) is 3.86. The highest BCUT2D eigenvalue weighted by molar-refractivity contribution is 6.06. The van der Waals surface area contributed by atoms with Gasteiger partial charge in [-0.3, -0.25) is 14.9 Å². The van der Waals surface area contributed by atoms with Gasteiger partial charge in [-0.05, 0) is 44.5 Å². The van der Waals surface area contributed by atoms with Crippen LogP contribution in [0.5, 0.6) is 0 Å². The Morgan fingerprint density at radius 3 is 2.42 bits per heavy atom. The van der Waals surface area contributed by atoms with Crippen LogP contribution in [-0.2, 0) is 0 Å². The minimum absolute atomic E-state index is 0.00948. The minimum atomic E-state index is -0.462. The summed E-state index contributed by atoms with van der Waals surface area (Å²) in [6.07, 6.45) is 0. The van der Waals surface area contributed by atoms with Gasteiger partial charge in [0, 0.05) is 17.8 Å². The highest BCUT2D eigenvalue weighted by Crippen LogP contribution is 2.24. The number of hydrogen-bond acceptors (Lipinski definition) is 4. The van der Waals surface area contributed by atoms with Crippen molar-refractivity contribution in [1.29, 1.82) is 0 Å². The highest BCUT2D eigenvalue weighted by Gasteiger charge is 2.20. The number of rotatable bonds is 4. The lowest BCUT2D eigenvalue weighted by Gasteiger charge is -2.09. The van der Waals surface area contributed by atoms with Crippen LogP contribution in [0.3, 0.4) is 0 Å². The molecule has 2 aromatic carbocycles. The van der Waals surface area contributed by atoms with Crippen LogP contribution in [0.2, 0.25) is 0 Å². The zero-order valence-electron chi connectivity index (χ0n) is 14.7. The van der Waals surface area contributed by atoms with E-state index in [2.05, 4.69) is 10.4 Å². The normalized spacial score (nSPS) is 10.6. The molecule has 0 aliphatic heterocycles. The summed E-state index contributed by atoms with van der Waals surface area (Å²) in [5.74, 6) is -0.292. The molecular formula is C19H18N4O3. The number of aromatic nitrogens is 2. The maximum Gasteiger partial charge on any atom is 0.269 e. The van der Waals surface area contributed by atoms with Gasteiger partial charge in [-0.2, -0.15) is 5.10 Å². The molecule has 0 bridgehead atoms. The standard InChI is InChI=1S/C19H18N4O3/c1-12-11-16(23(25)26)9-10-17(12)20-19(24)18-13(2)21-22(14(18)3)15-7-5-4-6-8-15/h4-11H,1-3H3,(H,20,24). The van der Waals surface area contributed by atoms with Crippen LogP contribution in [0, 0.1) is 30.9 Å². The first-order valence-corrected chi connectivity index (χ1v) is 8.06. The Morgan fingerprint density at radius 1 is 1.12 bits per heavy atom. The molecule has 26 heavy (non-hydrogen) atoms. The lowest BCUT2D eigenvalue weighted by molar-refractivity contribution is -0.384. The van der Waals surface area contributed by atoms with Crippen LogP contribution in [0.4, 0.5) is 11.4 Å². The molecule has 0 aliphatic rings. The third-order valence-corrected chi connectivity index (χ3v) is 4.19. The first-order chi connectivity index (χ1) is 12.4. The van der Waals surface area contributed by atoms with Gasteiger partial charge >= 0.3 is 0 Å². The number of carbonyl (C=O) groups is 1. The van der Waals surface area contributed by atoms with E-state index in [1.165, 1.54) is 18.2 Å². The van der Waals surface area contributed by atoms with Crippen LogP contribution in [0.15, 0.2) is 48.5 Å². The second-order valence-electron chi connectivity index (χ2n) is 6.00. The summed E-state index contributed by atoms with van der Waals surface area (Å²) in [5, 5.41) is 18.1. The molecule has 1 N–H and O–H groups in total. The van der Waals surface area contributed by atoms with Crippen molar-refractivity contribution in [2.75, 3.05) is 5.32 Å². The number of nitro benzene ring substituents is 1. The molecule has 0 saturated heterocycles. The molecule has 0 saturated carbocycles. The van der Waals surface area contributed by atoms with E-state index < -0.39 is 4.92 Å². The van der Waals surface area contributed by atoms with E-state index in [4.69, 9.17) is 0 Å². The van der Waals surface area contributed by atoms with E-state index in [0.29, 0.717) is 22.5 Å². The third-order valence-electron chi connectivity index (χ3n) is 4.19. The number of hydrogen-bond donors (Lipinski definition) is 1. The molecule has 132 valence electrons. The molecule has 7 heteroatoms. The van der Waals surface area contributed by atoms with Crippen LogP contribution in [0.1, 0.15) is 27.3 Å². The number of non-ortho nitro benzene ring substituents is 1. The van der Waals surface area contributed by atoms with Crippen molar-refractivity contribution in [3.8, 4) is 5.69 Å². The second-order valence-corrected chi connectivity index (χ2v) is 6.00. The largest absolute Gasteiger partial charge is 0.322 e. The van der Waals surface area contributed by atoms with E-state index >= 15 is 0 Å². The maximum atomic E-state index is 12.8. The number of nitrogens with zero attached hydrogens (tertiary/aromatic N) is 3. The molecule has 1 heterocycles. The summed E-state index contributed by atoms with van der Waals surface area (Å²) in [4.78, 5) is 23.2. The SMILES string of the molecule is Cc1cc([N+](=O)[O-])ccc1NC(=O)c1c(C)nn(-c2ccccc2)c1C. The Balaban J connectivity index is 1.92. The zero-order chi connectivity index (χ0) is 18.8. The Morgan fingerprint density at radius 2 is 1.81 bits per heavy atom. The minimum Gasteiger partial charge on any atom is -0.322 e. The number of amides is 1. The lowest BCUT2D eigenvalue weighted by atomic mass is 10.1. The van der Waals surface area contributed by atoms with Crippen molar-refractivity contribution in [2.45, 2.75) is 20.8 Å². The fourth-order valence-corrected chi connectivity index (χ4v) is 2.88. The number of nitro groups is 1. The summed E-state index contributed by atoms with van der Waals surface area (Å²) in [7, 11) is 0. The van der Waals surface area contributed by atoms with E-state index in [9.17, 15) is 14.9 Å². The first-order valence-electron chi connectivity index (χ1n) is 8.06. The fraction of sp³-hybridized carbons (Fsp3) is 0.158. The molecule has 0 atom stereocenters. The van der Waals surface area contributed by atoms with Gasteiger partial charge < -0.3 is 5.32 Å². The van der Waals surface area contributed by atoms with Gasteiger partial charge in [0.25, 0.3) is 11.6 Å². The molecule has 0 aliphatic carbocycles. The molecule has 1 aromatic heterocycles. The molecule has 7 nitrogen and oxygen atoms in total. The predicted molar refractivity (Wildman–Crippen MR) is 98.8 cm³/mol. The van der Waals surface area contributed by atoms with Gasteiger partial charge in [0.05, 0.1) is 27.6 Å². The number of aryl methyl sites for hydroxylation is 2. The lowest BCUT2D eigenvalue weighted by Crippen LogP contribution is -2.15. The average Bonchev–Trinajstić information content (AvgIpc) is 2.91. The van der Waals surface area contributed by atoms with Gasteiger partial charge in [-0.15, -0.1) is 0 Å². The third kappa shape index (κ3) is 3.19. The van der Waals surface area contributed by atoms with Crippen LogP contribution < -0.4 is 5.32 Å². The van der Waals surface area contributed by atoms with Gasteiger partial charge in [0.2, 0.25) is 0 Å². The maximum absolute atomic E-state index is 12.8. The quantitative estimate of drug-likeness (QED) is 0.570. The molecule has 3 aromatic rings. The van der Waals surface area contributed by atoms with E-state index in [1.54, 1.807) is 18.5 Å². The summed E-state index contributed by atoms with van der Waals surface area (Å²) in [6, 6.07) is 13.9. The molecular weight excluding hydrogens is 332 g/mol. The topological polar surface area (TPSA) is 90.1 Å². The van der Waals surface area contributed by atoms with Crippen LogP contribution >= 0.6 is 0 Å². The summed E-state index contributed by atoms with van der Waals surface area (Å²) in [6.45, 7) is 5.34. The highest BCUT2D eigenvalue weighted by atomic mass is 16.6. The van der Waals surface area contributed by atoms with Crippen molar-refractivity contribution in [2.24, 2.45) is 0 Å². The van der Waals surface area contributed by atoms with Crippen molar-refractivity contribution in [3.05, 3.63) is 81.2 Å². The van der Waals surface area contributed by atoms with Crippen molar-refractivity contribution in [3.63, 3.8) is 0 Å². The molecule has 0 unspecified atom stereocenters. The summed E-state index contributed by atoms with van der Waals surface area (Å²) < 4.78 is 1.73. The van der Waals surface area contributed by atoms with Crippen molar-refractivity contribution >= 4 is 17.3 Å². The van der Waals surface area contributed by atoms with Gasteiger partial charge in [0.15, 0.2) is 0 Å². The van der Waals surface area contributed by atoms with Gasteiger partial charge in [0.1, 0.15) is 0 Å². The van der Waals surface area contributed by atoms with Crippen LogP contribution in [0.25, 0.3) is 5.69 Å². The van der Waals surface area contributed by atoms with Gasteiger partial charge in [-0.1, -0.05) is 18.2 Å². The monoisotopic (exact) mass is 350 g/mol. The predicted octanol–water partition coefficient (Wildman–Crippen LogP) is 3.96. The number of anilines is 1. The van der Waals surface area contributed by atoms with E-state index in [0.717, 1.165) is 11.4 Å². The number of benzene rings is 2. The first kappa shape index (κ1) is 17.3. The van der Waals surface area contributed by atoms with Crippen molar-refractivity contribution in [1.82, 2.24) is 9.78 Å². The molecule has 0 spiro atoms. The van der Waals surface area contributed by atoms with E-state index in [-0.39, 0.29) is 11.6 Å². The Hall–Kier alpha value is -3.48. The molecule has 0 radical (unpaired) electrons. The molecule has 3 rings (SSSR count). The summed E-state index contributed by atoms with van der Waals surface area (Å²) >= 11 is 0.